The molecule has 0 aliphatic rings. The van der Waals surface area contributed by atoms with E-state index in [4.69, 9.17) is 9.47 Å². The molecule has 0 amide bonds. The predicted octanol–water partition coefficient (Wildman–Crippen LogP) is 4.41. The Morgan fingerprint density at radius 1 is 0.828 bits per heavy atom. The Hall–Kier alpha value is -3.28. The summed E-state index contributed by atoms with van der Waals surface area (Å²) in [6.07, 6.45) is 1.72. The van der Waals surface area contributed by atoms with Gasteiger partial charge in [-0.05, 0) is 37.1 Å². The number of carbonyl (C=O) groups excluding carboxylic acids is 4. The number of unbranched alkanes of at least 4 members (excludes halogenated alkanes) is 1. The van der Waals surface area contributed by atoms with Crippen LogP contribution in [-0.2, 0) is 9.59 Å². The van der Waals surface area contributed by atoms with Gasteiger partial charge in [0.25, 0.3) is 0 Å². The fourth-order valence-electron chi connectivity index (χ4n) is 2.63. The summed E-state index contributed by atoms with van der Waals surface area (Å²) in [7, 11) is 0. The molecular formula is C23H24O6. The number of hydrogen-bond acceptors (Lipinski definition) is 6. The maximum Gasteiger partial charge on any atom is 0.311 e. The van der Waals surface area contributed by atoms with Crippen molar-refractivity contribution in [2.45, 2.75) is 39.5 Å². The predicted molar refractivity (Wildman–Crippen MR) is 107 cm³/mol. The van der Waals surface area contributed by atoms with Crippen molar-refractivity contribution in [1.29, 1.82) is 0 Å². The van der Waals surface area contributed by atoms with E-state index >= 15 is 0 Å². The molecule has 6 heteroatoms. The molecule has 0 aromatic heterocycles. The lowest BCUT2D eigenvalue weighted by molar-refractivity contribution is -0.136. The molecule has 0 saturated carbocycles. The monoisotopic (exact) mass is 396 g/mol. The second-order valence-electron chi connectivity index (χ2n) is 6.83. The molecule has 0 aliphatic carbocycles. The van der Waals surface area contributed by atoms with Crippen molar-refractivity contribution in [3.8, 4) is 11.5 Å². The van der Waals surface area contributed by atoms with Gasteiger partial charge in [0, 0.05) is 18.8 Å². The summed E-state index contributed by atoms with van der Waals surface area (Å²) in [4.78, 5) is 47.1. The molecule has 0 fully saturated rings. The first-order valence-corrected chi connectivity index (χ1v) is 9.51. The molecular weight excluding hydrogens is 372 g/mol. The highest BCUT2D eigenvalue weighted by Crippen LogP contribution is 2.22. The molecule has 0 N–H and O–H groups in total. The minimum absolute atomic E-state index is 0.0910. The standard InChI is InChI=1S/C23H24O6/c1-16(2)23(27)18-10-4-6-12-20(18)29-22(26)14-8-7-13-21(25)28-19-11-5-3-9-17(19)15-24/h3-6,9-12,15-16H,7-8,13-14H2,1-2H3. The van der Waals surface area contributed by atoms with Gasteiger partial charge in [-0.2, -0.15) is 0 Å². The van der Waals surface area contributed by atoms with Gasteiger partial charge >= 0.3 is 11.9 Å². The minimum atomic E-state index is -0.472. The zero-order valence-corrected chi connectivity index (χ0v) is 16.6. The van der Waals surface area contributed by atoms with E-state index in [-0.39, 0.29) is 36.0 Å². The van der Waals surface area contributed by atoms with Crippen LogP contribution in [-0.4, -0.2) is 24.0 Å². The third kappa shape index (κ3) is 6.68. The lowest BCUT2D eigenvalue weighted by atomic mass is 10.0. The van der Waals surface area contributed by atoms with Crippen LogP contribution < -0.4 is 9.47 Å². The largest absolute Gasteiger partial charge is 0.426 e. The Bertz CT molecular complexity index is 884. The fourth-order valence-corrected chi connectivity index (χ4v) is 2.63. The first-order valence-electron chi connectivity index (χ1n) is 9.51. The van der Waals surface area contributed by atoms with Crippen LogP contribution in [0.25, 0.3) is 0 Å². The van der Waals surface area contributed by atoms with E-state index in [9.17, 15) is 19.2 Å². The van der Waals surface area contributed by atoms with Crippen molar-refractivity contribution < 1.29 is 28.7 Å². The third-order valence-electron chi connectivity index (χ3n) is 4.18. The molecule has 2 aromatic carbocycles. The van der Waals surface area contributed by atoms with Gasteiger partial charge < -0.3 is 9.47 Å². The van der Waals surface area contributed by atoms with E-state index in [1.54, 1.807) is 62.4 Å². The van der Waals surface area contributed by atoms with E-state index in [0.717, 1.165) is 0 Å². The molecule has 6 nitrogen and oxygen atoms in total. The maximum absolute atomic E-state index is 12.2. The van der Waals surface area contributed by atoms with Crippen LogP contribution in [0.15, 0.2) is 48.5 Å². The van der Waals surface area contributed by atoms with Crippen LogP contribution in [0, 0.1) is 5.92 Å². The van der Waals surface area contributed by atoms with Crippen molar-refractivity contribution in [2.24, 2.45) is 5.92 Å². The van der Waals surface area contributed by atoms with Crippen molar-refractivity contribution >= 4 is 24.0 Å². The topological polar surface area (TPSA) is 86.7 Å². The van der Waals surface area contributed by atoms with Crippen molar-refractivity contribution in [3.05, 3.63) is 59.7 Å². The Morgan fingerprint density at radius 3 is 1.93 bits per heavy atom. The van der Waals surface area contributed by atoms with Gasteiger partial charge in [-0.25, -0.2) is 0 Å². The summed E-state index contributed by atoms with van der Waals surface area (Å²) in [5.41, 5.74) is 0.687. The van der Waals surface area contributed by atoms with Crippen LogP contribution in [0.3, 0.4) is 0 Å². The molecule has 0 heterocycles. The van der Waals surface area contributed by atoms with E-state index in [2.05, 4.69) is 0 Å². The smallest absolute Gasteiger partial charge is 0.311 e. The van der Waals surface area contributed by atoms with Crippen LogP contribution in [0.1, 0.15) is 60.2 Å². The minimum Gasteiger partial charge on any atom is -0.426 e. The SMILES string of the molecule is CC(C)C(=O)c1ccccc1OC(=O)CCCCC(=O)Oc1ccccc1C=O. The van der Waals surface area contributed by atoms with Crippen molar-refractivity contribution in [2.75, 3.05) is 0 Å². The molecule has 29 heavy (non-hydrogen) atoms. The van der Waals surface area contributed by atoms with Gasteiger partial charge in [-0.15, -0.1) is 0 Å². The molecule has 0 spiro atoms. The molecule has 0 unspecified atom stereocenters. The Balaban J connectivity index is 1.79. The average molecular weight is 396 g/mol. The lowest BCUT2D eigenvalue weighted by Crippen LogP contribution is -2.14. The van der Waals surface area contributed by atoms with Gasteiger partial charge in [-0.3, -0.25) is 19.2 Å². The van der Waals surface area contributed by atoms with E-state index in [1.165, 1.54) is 0 Å². The van der Waals surface area contributed by atoms with Crippen LogP contribution >= 0.6 is 0 Å². The zero-order valence-electron chi connectivity index (χ0n) is 16.6. The number of ether oxygens (including phenoxy) is 2. The first kappa shape index (κ1) is 22.0. The lowest BCUT2D eigenvalue weighted by Gasteiger charge is -2.11. The van der Waals surface area contributed by atoms with Gasteiger partial charge in [-0.1, -0.05) is 38.1 Å². The number of benzene rings is 2. The quantitative estimate of drug-likeness (QED) is 0.194. The number of aldehydes is 1. The highest BCUT2D eigenvalue weighted by Gasteiger charge is 2.17. The summed E-state index contributed by atoms with van der Waals surface area (Å²) in [6, 6.07) is 13.1. The van der Waals surface area contributed by atoms with Crippen molar-refractivity contribution in [3.63, 3.8) is 0 Å². The third-order valence-corrected chi connectivity index (χ3v) is 4.18. The van der Waals surface area contributed by atoms with Gasteiger partial charge in [0.15, 0.2) is 12.1 Å². The number of para-hydroxylation sites is 2. The number of hydrogen-bond donors (Lipinski definition) is 0. The van der Waals surface area contributed by atoms with Gasteiger partial charge in [0.05, 0.1) is 11.1 Å². The summed E-state index contributed by atoms with van der Waals surface area (Å²) in [5, 5.41) is 0. The summed E-state index contributed by atoms with van der Waals surface area (Å²) in [6.45, 7) is 3.57. The number of ketones is 1. The maximum atomic E-state index is 12.2. The van der Waals surface area contributed by atoms with Crippen LogP contribution in [0.2, 0.25) is 0 Å². The molecule has 0 atom stereocenters. The highest BCUT2D eigenvalue weighted by atomic mass is 16.5. The Kier molecular flexibility index (Phi) is 8.27. The highest BCUT2D eigenvalue weighted by molar-refractivity contribution is 6.00. The summed E-state index contributed by atoms with van der Waals surface area (Å²) < 4.78 is 10.5. The average Bonchev–Trinajstić information content (AvgIpc) is 2.71. The fraction of sp³-hybridized carbons (Fsp3) is 0.304. The second kappa shape index (κ2) is 10.9. The summed E-state index contributed by atoms with van der Waals surface area (Å²) in [5.74, 6) is -0.759. The molecule has 0 aliphatic heterocycles. The van der Waals surface area contributed by atoms with E-state index < -0.39 is 11.9 Å². The van der Waals surface area contributed by atoms with Crippen molar-refractivity contribution in [1.82, 2.24) is 0 Å². The van der Waals surface area contributed by atoms with Gasteiger partial charge in [0.1, 0.15) is 11.5 Å². The van der Waals surface area contributed by atoms with Crippen LogP contribution in [0.5, 0.6) is 11.5 Å². The number of Topliss-reactive ketones (excluding diaryl/α,β-unsaturated/α-hetero) is 1. The first-order chi connectivity index (χ1) is 13.9. The Morgan fingerprint density at radius 2 is 1.34 bits per heavy atom. The van der Waals surface area contributed by atoms with Crippen LogP contribution in [0.4, 0.5) is 0 Å². The summed E-state index contributed by atoms with van der Waals surface area (Å²) >= 11 is 0. The second-order valence-corrected chi connectivity index (χ2v) is 6.83. The van der Waals surface area contributed by atoms with E-state index in [1.807, 2.05) is 0 Å². The normalized spacial score (nSPS) is 10.4. The van der Waals surface area contributed by atoms with E-state index in [0.29, 0.717) is 30.3 Å². The molecule has 0 bridgehead atoms. The molecule has 2 rings (SSSR count). The molecule has 152 valence electrons. The molecule has 0 radical (unpaired) electrons. The Labute approximate surface area is 169 Å². The number of carbonyl (C=O) groups is 4. The zero-order chi connectivity index (χ0) is 21.2. The van der Waals surface area contributed by atoms with Gasteiger partial charge in [0.2, 0.25) is 0 Å². The molecule has 2 aromatic rings. The number of esters is 2. The molecule has 0 saturated heterocycles. The number of rotatable bonds is 10.